The van der Waals surface area contributed by atoms with Gasteiger partial charge in [0.15, 0.2) is 0 Å². The summed E-state index contributed by atoms with van der Waals surface area (Å²) < 4.78 is 48.3. The maximum Gasteiger partial charge on any atom is 0.416 e. The number of nitrogens with one attached hydrogen (secondary N) is 2. The Labute approximate surface area is 149 Å². The van der Waals surface area contributed by atoms with Crippen LogP contribution in [0.4, 0.5) is 24.5 Å². The van der Waals surface area contributed by atoms with Gasteiger partial charge in [-0.2, -0.15) is 13.2 Å². The third kappa shape index (κ3) is 6.29. The largest absolute Gasteiger partial charge is 0.491 e. The van der Waals surface area contributed by atoms with Crippen LogP contribution in [0.25, 0.3) is 0 Å². The summed E-state index contributed by atoms with van der Waals surface area (Å²) in [6.45, 7) is 0.832. The highest BCUT2D eigenvalue weighted by Crippen LogP contribution is 2.30. The molecule has 0 fully saturated rings. The molecule has 1 amide bonds. The van der Waals surface area contributed by atoms with Gasteiger partial charge in [0.05, 0.1) is 18.7 Å². The second kappa shape index (κ2) is 9.10. The van der Waals surface area contributed by atoms with Crippen molar-refractivity contribution < 1.29 is 27.4 Å². The van der Waals surface area contributed by atoms with Crippen LogP contribution in [0.15, 0.2) is 48.5 Å². The minimum Gasteiger partial charge on any atom is -0.491 e. The summed E-state index contributed by atoms with van der Waals surface area (Å²) >= 11 is 0. The molecule has 0 radical (unpaired) electrons. The Morgan fingerprint density at radius 1 is 1.04 bits per heavy atom. The van der Waals surface area contributed by atoms with Gasteiger partial charge in [-0.3, -0.25) is 4.79 Å². The van der Waals surface area contributed by atoms with Gasteiger partial charge in [-0.05, 0) is 42.5 Å². The Morgan fingerprint density at radius 2 is 1.77 bits per heavy atom. The first kappa shape index (κ1) is 19.6. The van der Waals surface area contributed by atoms with Crippen LogP contribution in [-0.4, -0.2) is 32.8 Å². The Bertz CT molecular complexity index is 718. The SMILES string of the molecule is COCCOc1ccc(NCC(=O)Nc2cccc(C(F)(F)F)c2)cc1. The minimum atomic E-state index is -4.45. The monoisotopic (exact) mass is 368 g/mol. The Hall–Kier alpha value is -2.74. The average molecular weight is 368 g/mol. The molecule has 0 saturated carbocycles. The van der Waals surface area contributed by atoms with Crippen molar-refractivity contribution in [3.05, 3.63) is 54.1 Å². The summed E-state index contributed by atoms with van der Waals surface area (Å²) in [6.07, 6.45) is -4.45. The molecule has 0 aromatic heterocycles. The van der Waals surface area contributed by atoms with Gasteiger partial charge in [-0.15, -0.1) is 0 Å². The fraction of sp³-hybridized carbons (Fsp3) is 0.278. The van der Waals surface area contributed by atoms with Gasteiger partial charge in [0.2, 0.25) is 5.91 Å². The second-order valence-corrected chi connectivity index (χ2v) is 5.35. The quantitative estimate of drug-likeness (QED) is 0.696. The van der Waals surface area contributed by atoms with Crippen molar-refractivity contribution in [1.29, 1.82) is 0 Å². The summed E-state index contributed by atoms with van der Waals surface area (Å²) in [6, 6.07) is 11.4. The molecule has 2 aromatic rings. The van der Waals surface area contributed by atoms with Crippen LogP contribution >= 0.6 is 0 Å². The maximum absolute atomic E-state index is 12.7. The number of carbonyl (C=O) groups excluding carboxylic acids is 1. The summed E-state index contributed by atoms with van der Waals surface area (Å²) in [5, 5.41) is 5.32. The van der Waals surface area contributed by atoms with Crippen molar-refractivity contribution in [3.63, 3.8) is 0 Å². The zero-order valence-electron chi connectivity index (χ0n) is 14.1. The van der Waals surface area contributed by atoms with E-state index in [1.807, 2.05) is 0 Å². The molecule has 0 atom stereocenters. The van der Waals surface area contributed by atoms with Crippen molar-refractivity contribution in [3.8, 4) is 5.75 Å². The van der Waals surface area contributed by atoms with Gasteiger partial charge >= 0.3 is 6.18 Å². The zero-order chi connectivity index (χ0) is 19.0. The molecular weight excluding hydrogens is 349 g/mol. The number of hydrogen-bond donors (Lipinski definition) is 2. The van der Waals surface area contributed by atoms with Gasteiger partial charge in [-0.25, -0.2) is 0 Å². The summed E-state index contributed by atoms with van der Waals surface area (Å²) in [5.74, 6) is 0.214. The number of carbonyl (C=O) groups is 1. The number of ether oxygens (including phenoxy) is 2. The molecule has 0 unspecified atom stereocenters. The van der Waals surface area contributed by atoms with Gasteiger partial charge in [-0.1, -0.05) is 6.07 Å². The maximum atomic E-state index is 12.7. The van der Waals surface area contributed by atoms with E-state index in [-0.39, 0.29) is 12.2 Å². The van der Waals surface area contributed by atoms with E-state index in [1.54, 1.807) is 31.4 Å². The summed E-state index contributed by atoms with van der Waals surface area (Å²) in [7, 11) is 1.58. The standard InChI is InChI=1S/C18H19F3N2O3/c1-25-9-10-26-16-7-5-14(6-8-16)22-12-17(24)23-15-4-2-3-13(11-15)18(19,20)21/h2-8,11,22H,9-10,12H2,1H3,(H,23,24). The zero-order valence-corrected chi connectivity index (χ0v) is 14.1. The highest BCUT2D eigenvalue weighted by atomic mass is 19.4. The van der Waals surface area contributed by atoms with E-state index < -0.39 is 17.6 Å². The molecular formula is C18H19F3N2O3. The van der Waals surface area contributed by atoms with Crippen molar-refractivity contribution in [2.75, 3.05) is 37.5 Å². The Morgan fingerprint density at radius 3 is 2.42 bits per heavy atom. The predicted molar refractivity (Wildman–Crippen MR) is 92.4 cm³/mol. The van der Waals surface area contributed by atoms with Gasteiger partial charge in [0, 0.05) is 18.5 Å². The molecule has 0 bridgehead atoms. The molecule has 2 N–H and O–H groups in total. The van der Waals surface area contributed by atoms with E-state index in [4.69, 9.17) is 9.47 Å². The summed E-state index contributed by atoms with van der Waals surface area (Å²) in [5.41, 5.74) is -0.0379. The fourth-order valence-corrected chi connectivity index (χ4v) is 2.07. The molecule has 0 heterocycles. The molecule has 140 valence electrons. The number of benzene rings is 2. The highest BCUT2D eigenvalue weighted by Gasteiger charge is 2.30. The lowest BCUT2D eigenvalue weighted by atomic mass is 10.2. The summed E-state index contributed by atoms with van der Waals surface area (Å²) in [4.78, 5) is 11.9. The van der Waals surface area contributed by atoms with E-state index >= 15 is 0 Å². The molecule has 5 nitrogen and oxygen atoms in total. The first-order chi connectivity index (χ1) is 12.4. The lowest BCUT2D eigenvalue weighted by Gasteiger charge is -2.11. The molecule has 26 heavy (non-hydrogen) atoms. The smallest absolute Gasteiger partial charge is 0.416 e. The van der Waals surface area contributed by atoms with Crippen molar-refractivity contribution >= 4 is 17.3 Å². The average Bonchev–Trinajstić information content (AvgIpc) is 2.61. The van der Waals surface area contributed by atoms with Crippen molar-refractivity contribution in [1.82, 2.24) is 0 Å². The normalized spacial score (nSPS) is 11.1. The van der Waals surface area contributed by atoms with E-state index in [0.29, 0.717) is 24.7 Å². The molecule has 2 aromatic carbocycles. The number of rotatable bonds is 8. The number of alkyl halides is 3. The van der Waals surface area contributed by atoms with Crippen LogP contribution in [0.3, 0.4) is 0 Å². The highest BCUT2D eigenvalue weighted by molar-refractivity contribution is 5.93. The second-order valence-electron chi connectivity index (χ2n) is 5.35. The number of methoxy groups -OCH3 is 1. The van der Waals surface area contributed by atoms with E-state index in [2.05, 4.69) is 10.6 Å². The van der Waals surface area contributed by atoms with Crippen molar-refractivity contribution in [2.45, 2.75) is 6.18 Å². The minimum absolute atomic E-state index is 0.0832. The van der Waals surface area contributed by atoms with Crippen molar-refractivity contribution in [2.24, 2.45) is 0 Å². The first-order valence-corrected chi connectivity index (χ1v) is 7.81. The topological polar surface area (TPSA) is 59.6 Å². The number of amides is 1. The van der Waals surface area contributed by atoms with E-state index in [0.717, 1.165) is 12.1 Å². The van der Waals surface area contributed by atoms with Crippen LogP contribution in [0, 0.1) is 0 Å². The Kier molecular flexibility index (Phi) is 6.85. The van der Waals surface area contributed by atoms with Crippen LogP contribution in [-0.2, 0) is 15.7 Å². The first-order valence-electron chi connectivity index (χ1n) is 7.81. The van der Waals surface area contributed by atoms with Crippen LogP contribution in [0.5, 0.6) is 5.75 Å². The van der Waals surface area contributed by atoms with Gasteiger partial charge < -0.3 is 20.1 Å². The third-order valence-electron chi connectivity index (χ3n) is 3.34. The number of anilines is 2. The molecule has 0 aliphatic rings. The lowest BCUT2D eigenvalue weighted by molar-refractivity contribution is -0.137. The van der Waals surface area contributed by atoms with Crippen LogP contribution in [0.2, 0.25) is 0 Å². The van der Waals surface area contributed by atoms with Gasteiger partial charge in [0.1, 0.15) is 12.4 Å². The molecule has 0 saturated heterocycles. The molecule has 2 rings (SSSR count). The Balaban J connectivity index is 1.83. The molecule has 0 aliphatic heterocycles. The fourth-order valence-electron chi connectivity index (χ4n) is 2.07. The predicted octanol–water partition coefficient (Wildman–Crippen LogP) is 3.78. The van der Waals surface area contributed by atoms with Crippen LogP contribution < -0.4 is 15.4 Å². The number of hydrogen-bond acceptors (Lipinski definition) is 4. The molecule has 0 spiro atoms. The molecule has 8 heteroatoms. The third-order valence-corrected chi connectivity index (χ3v) is 3.34. The number of halogens is 3. The van der Waals surface area contributed by atoms with E-state index in [1.165, 1.54) is 12.1 Å². The van der Waals surface area contributed by atoms with Crippen LogP contribution in [0.1, 0.15) is 5.56 Å². The lowest BCUT2D eigenvalue weighted by Crippen LogP contribution is -2.22. The van der Waals surface area contributed by atoms with Gasteiger partial charge in [0.25, 0.3) is 0 Å². The van der Waals surface area contributed by atoms with E-state index in [9.17, 15) is 18.0 Å². The molecule has 0 aliphatic carbocycles.